The first kappa shape index (κ1) is 14.0. The van der Waals surface area contributed by atoms with Gasteiger partial charge in [0.05, 0.1) is 7.11 Å². The maximum Gasteiger partial charge on any atom is 0.329 e. The van der Waals surface area contributed by atoms with Crippen LogP contribution in [0.15, 0.2) is 24.3 Å². The van der Waals surface area contributed by atoms with Crippen LogP contribution >= 0.6 is 0 Å². The maximum atomic E-state index is 11.7. The molecule has 0 heterocycles. The minimum Gasteiger partial charge on any atom is -0.497 e. The van der Waals surface area contributed by atoms with E-state index in [9.17, 15) is 9.59 Å². The molecular weight excluding hydrogens is 238 g/mol. The van der Waals surface area contributed by atoms with Gasteiger partial charge in [-0.1, -0.05) is 6.07 Å². The van der Waals surface area contributed by atoms with Gasteiger partial charge in [-0.05, 0) is 12.1 Å². The second kappa shape index (κ2) is 6.61. The smallest absolute Gasteiger partial charge is 0.329 e. The molecule has 18 heavy (non-hydrogen) atoms. The Morgan fingerprint density at radius 3 is 2.67 bits per heavy atom. The lowest BCUT2D eigenvalue weighted by molar-refractivity contribution is -0.143. The van der Waals surface area contributed by atoms with Crippen LogP contribution in [0, 0.1) is 0 Å². The highest BCUT2D eigenvalue weighted by Gasteiger charge is 2.12. The van der Waals surface area contributed by atoms with Gasteiger partial charge in [0.2, 0.25) is 0 Å². The molecule has 0 aromatic heterocycles. The zero-order valence-corrected chi connectivity index (χ0v) is 10.3. The highest BCUT2D eigenvalue weighted by molar-refractivity contribution is 5.94. The van der Waals surface area contributed by atoms with Crippen molar-refractivity contribution in [1.29, 1.82) is 0 Å². The summed E-state index contributed by atoms with van der Waals surface area (Å²) in [5.41, 5.74) is 0.651. The van der Waals surface area contributed by atoms with E-state index >= 15 is 0 Å². The second-order valence-corrected chi connectivity index (χ2v) is 3.54. The van der Waals surface area contributed by atoms with Gasteiger partial charge in [0, 0.05) is 18.8 Å². The first-order valence-electron chi connectivity index (χ1n) is 5.24. The largest absolute Gasteiger partial charge is 0.497 e. The Labute approximate surface area is 105 Å². The summed E-state index contributed by atoms with van der Waals surface area (Å²) in [5, 5.41) is 8.38. The number of rotatable bonds is 6. The Hall–Kier alpha value is -2.08. The van der Waals surface area contributed by atoms with E-state index < -0.39 is 12.6 Å². The normalized spacial score (nSPS) is 9.89. The first-order chi connectivity index (χ1) is 8.54. The fourth-order valence-corrected chi connectivity index (χ4v) is 1.29. The summed E-state index contributed by atoms with van der Waals surface area (Å²) in [5.74, 6) is -0.796. The molecule has 0 bridgehead atoms. The monoisotopic (exact) mass is 253 g/mol. The van der Waals surface area contributed by atoms with E-state index in [1.165, 1.54) is 12.0 Å². The highest BCUT2D eigenvalue weighted by Crippen LogP contribution is 2.19. The average Bonchev–Trinajstić information content (AvgIpc) is 2.37. The summed E-state index contributed by atoms with van der Waals surface area (Å²) in [6.45, 7) is -0.766. The summed E-state index contributed by atoms with van der Waals surface area (Å²) < 4.78 is 9.78. The molecule has 0 saturated carbocycles. The number of hydrogen-bond acceptors (Lipinski definition) is 4. The van der Waals surface area contributed by atoms with Gasteiger partial charge in [-0.15, -0.1) is 0 Å². The van der Waals surface area contributed by atoms with Crippen LogP contribution in [-0.2, 0) is 14.3 Å². The van der Waals surface area contributed by atoms with Crippen LogP contribution in [-0.4, -0.2) is 44.4 Å². The van der Waals surface area contributed by atoms with Crippen molar-refractivity contribution < 1.29 is 24.2 Å². The number of carboxylic acids is 1. The van der Waals surface area contributed by atoms with E-state index in [4.69, 9.17) is 14.6 Å². The molecule has 0 aliphatic carbocycles. The van der Waals surface area contributed by atoms with Crippen molar-refractivity contribution in [2.45, 2.75) is 0 Å². The molecule has 98 valence electrons. The molecule has 6 heteroatoms. The van der Waals surface area contributed by atoms with Crippen molar-refractivity contribution in [3.05, 3.63) is 24.3 Å². The van der Waals surface area contributed by atoms with Crippen molar-refractivity contribution in [3.8, 4) is 5.75 Å². The van der Waals surface area contributed by atoms with Gasteiger partial charge in [0.15, 0.2) is 0 Å². The lowest BCUT2D eigenvalue weighted by Crippen LogP contribution is -2.30. The molecule has 0 aliphatic heterocycles. The van der Waals surface area contributed by atoms with E-state index in [0.717, 1.165) is 0 Å². The molecular formula is C12H15NO5. The van der Waals surface area contributed by atoms with Crippen LogP contribution < -0.4 is 9.64 Å². The molecule has 0 fully saturated rings. The molecule has 0 aliphatic rings. The molecule has 1 aromatic rings. The number of nitrogens with zero attached hydrogens (tertiary/aromatic N) is 1. The number of methoxy groups -OCH3 is 1. The Balaban J connectivity index is 2.59. The Kier molecular flexibility index (Phi) is 5.13. The zero-order valence-electron chi connectivity index (χ0n) is 10.3. The number of aliphatic carboxylic acids is 1. The van der Waals surface area contributed by atoms with Gasteiger partial charge in [0.25, 0.3) is 5.91 Å². The molecule has 1 aromatic carbocycles. The van der Waals surface area contributed by atoms with E-state index in [1.54, 1.807) is 31.3 Å². The van der Waals surface area contributed by atoms with Gasteiger partial charge in [0.1, 0.15) is 19.0 Å². The topological polar surface area (TPSA) is 76.1 Å². The van der Waals surface area contributed by atoms with Crippen molar-refractivity contribution in [2.24, 2.45) is 0 Å². The number of carboxylic acid groups (broad SMARTS) is 1. The quantitative estimate of drug-likeness (QED) is 0.810. The van der Waals surface area contributed by atoms with Gasteiger partial charge in [-0.25, -0.2) is 4.79 Å². The standard InChI is InChI=1S/C12H15NO5/c1-13(11(14)7-18-8-12(15)16)9-4-3-5-10(6-9)17-2/h3-6H,7-8H2,1-2H3,(H,15,16). The van der Waals surface area contributed by atoms with Gasteiger partial charge < -0.3 is 19.5 Å². The molecule has 1 amide bonds. The van der Waals surface area contributed by atoms with Crippen LogP contribution in [0.3, 0.4) is 0 Å². The Bertz CT molecular complexity index is 432. The van der Waals surface area contributed by atoms with Crippen LogP contribution in [0.4, 0.5) is 5.69 Å². The predicted octanol–water partition coefficient (Wildman–Crippen LogP) is 0.759. The third kappa shape index (κ3) is 4.06. The average molecular weight is 253 g/mol. The van der Waals surface area contributed by atoms with E-state index in [2.05, 4.69) is 0 Å². The SMILES string of the molecule is COc1cccc(N(C)C(=O)COCC(=O)O)c1. The number of likely N-dealkylation sites (N-methyl/N-ethyl adjacent to an activating group) is 1. The van der Waals surface area contributed by atoms with Crippen molar-refractivity contribution in [2.75, 3.05) is 32.3 Å². The third-order valence-corrected chi connectivity index (χ3v) is 2.27. The van der Waals surface area contributed by atoms with Crippen LogP contribution in [0.5, 0.6) is 5.75 Å². The zero-order chi connectivity index (χ0) is 13.5. The number of anilines is 1. The van der Waals surface area contributed by atoms with Gasteiger partial charge in [-0.2, -0.15) is 0 Å². The molecule has 0 saturated heterocycles. The number of amides is 1. The number of benzene rings is 1. The maximum absolute atomic E-state index is 11.7. The van der Waals surface area contributed by atoms with Gasteiger partial charge in [-0.3, -0.25) is 4.79 Å². The Morgan fingerprint density at radius 1 is 1.33 bits per heavy atom. The summed E-state index contributed by atoms with van der Waals surface area (Å²) in [6.07, 6.45) is 0. The van der Waals surface area contributed by atoms with Crippen molar-refractivity contribution in [1.82, 2.24) is 0 Å². The summed E-state index contributed by atoms with van der Waals surface area (Å²) in [6, 6.07) is 6.98. The Morgan fingerprint density at radius 2 is 2.06 bits per heavy atom. The minimum atomic E-state index is -1.10. The van der Waals surface area contributed by atoms with Crippen LogP contribution in [0.25, 0.3) is 0 Å². The molecule has 1 N–H and O–H groups in total. The highest BCUT2D eigenvalue weighted by atomic mass is 16.5. The number of ether oxygens (including phenoxy) is 2. The molecule has 0 atom stereocenters. The van der Waals surface area contributed by atoms with Crippen LogP contribution in [0.2, 0.25) is 0 Å². The molecule has 0 unspecified atom stereocenters. The lowest BCUT2D eigenvalue weighted by Gasteiger charge is -2.17. The number of carbonyl (C=O) groups excluding carboxylic acids is 1. The minimum absolute atomic E-state index is 0.278. The van der Waals surface area contributed by atoms with Crippen molar-refractivity contribution >= 4 is 17.6 Å². The molecule has 0 spiro atoms. The predicted molar refractivity (Wildman–Crippen MR) is 64.9 cm³/mol. The van der Waals surface area contributed by atoms with Crippen LogP contribution in [0.1, 0.15) is 0 Å². The molecule has 0 radical (unpaired) electrons. The molecule has 6 nitrogen and oxygen atoms in total. The van der Waals surface area contributed by atoms with E-state index in [1.807, 2.05) is 0 Å². The molecule has 1 rings (SSSR count). The summed E-state index contributed by atoms with van der Waals surface area (Å²) in [7, 11) is 3.12. The second-order valence-electron chi connectivity index (χ2n) is 3.54. The third-order valence-electron chi connectivity index (χ3n) is 2.27. The summed E-state index contributed by atoms with van der Waals surface area (Å²) >= 11 is 0. The number of carbonyl (C=O) groups is 2. The van der Waals surface area contributed by atoms with Gasteiger partial charge >= 0.3 is 5.97 Å². The fourth-order valence-electron chi connectivity index (χ4n) is 1.29. The van der Waals surface area contributed by atoms with E-state index in [0.29, 0.717) is 11.4 Å². The van der Waals surface area contributed by atoms with E-state index in [-0.39, 0.29) is 12.5 Å². The first-order valence-corrected chi connectivity index (χ1v) is 5.24. The summed E-state index contributed by atoms with van der Waals surface area (Å²) in [4.78, 5) is 23.3. The number of hydrogen-bond donors (Lipinski definition) is 1. The fraction of sp³-hybridized carbons (Fsp3) is 0.333. The van der Waals surface area contributed by atoms with Crippen molar-refractivity contribution in [3.63, 3.8) is 0 Å². The lowest BCUT2D eigenvalue weighted by atomic mass is 10.3.